The van der Waals surface area contributed by atoms with Gasteiger partial charge in [-0.2, -0.15) is 0 Å². The topological polar surface area (TPSA) is 72.9 Å². The number of hydrogen-bond donors (Lipinski definition) is 0. The van der Waals surface area contributed by atoms with Crippen molar-refractivity contribution >= 4 is 18.3 Å². The fourth-order valence-corrected chi connectivity index (χ4v) is 1.04. The van der Waals surface area contributed by atoms with Gasteiger partial charge in [0.25, 0.3) is 0 Å². The molecule has 17 heavy (non-hydrogen) atoms. The Kier molecular flexibility index (Phi) is 7.41. The van der Waals surface area contributed by atoms with Crippen LogP contribution in [-0.4, -0.2) is 49.6 Å². The second-order valence-corrected chi connectivity index (χ2v) is 3.07. The van der Waals surface area contributed by atoms with Crippen LogP contribution in [0, 0.1) is 0 Å². The van der Waals surface area contributed by atoms with Gasteiger partial charge < -0.3 is 14.3 Å². The normalized spacial score (nSPS) is 9.29. The van der Waals surface area contributed by atoms with Gasteiger partial charge in [0.1, 0.15) is 6.29 Å². The number of ether oxygens (including phenoxy) is 2. The number of aldehydes is 1. The summed E-state index contributed by atoms with van der Waals surface area (Å²) in [6.45, 7) is 6.99. The van der Waals surface area contributed by atoms with Gasteiger partial charge >= 0.3 is 12.1 Å². The van der Waals surface area contributed by atoms with Gasteiger partial charge in [-0.05, 0) is 13.8 Å². The molecule has 0 bridgehead atoms. The van der Waals surface area contributed by atoms with Gasteiger partial charge in [0, 0.05) is 5.57 Å². The van der Waals surface area contributed by atoms with Gasteiger partial charge in [-0.25, -0.2) is 9.59 Å². The van der Waals surface area contributed by atoms with E-state index in [9.17, 15) is 14.4 Å². The third kappa shape index (κ3) is 5.70. The predicted octanol–water partition coefficient (Wildman–Crippen LogP) is 0.763. The van der Waals surface area contributed by atoms with Crippen LogP contribution in [0.2, 0.25) is 0 Å². The smallest absolute Gasteiger partial charge is 0.410 e. The van der Waals surface area contributed by atoms with Crippen molar-refractivity contribution < 1.29 is 23.9 Å². The van der Waals surface area contributed by atoms with Gasteiger partial charge in [-0.15, -0.1) is 0 Å². The van der Waals surface area contributed by atoms with E-state index in [4.69, 9.17) is 9.47 Å². The highest BCUT2D eigenvalue weighted by atomic mass is 16.6. The molecule has 0 spiro atoms. The standard InChI is InChI=1S/C11H17NO5/c1-4-16-10(14)9(3)8-12(6-7-13)11(15)17-5-2/h7H,3-6,8H2,1-2H3. The lowest BCUT2D eigenvalue weighted by Crippen LogP contribution is -2.36. The summed E-state index contributed by atoms with van der Waals surface area (Å²) in [6.07, 6.45) is -0.111. The molecule has 0 aliphatic heterocycles. The van der Waals surface area contributed by atoms with Gasteiger partial charge in [-0.1, -0.05) is 6.58 Å². The minimum absolute atomic E-state index is 0.0869. The van der Waals surface area contributed by atoms with Crippen LogP contribution < -0.4 is 0 Å². The minimum atomic E-state index is -0.662. The monoisotopic (exact) mass is 243 g/mol. The molecular formula is C11H17NO5. The summed E-state index contributed by atoms with van der Waals surface area (Å²) in [5.41, 5.74) is 0.0988. The first-order valence-electron chi connectivity index (χ1n) is 5.27. The first kappa shape index (κ1) is 15.2. The first-order valence-corrected chi connectivity index (χ1v) is 5.27. The van der Waals surface area contributed by atoms with E-state index in [-0.39, 0.29) is 31.9 Å². The van der Waals surface area contributed by atoms with Gasteiger partial charge in [0.15, 0.2) is 0 Å². The second-order valence-electron chi connectivity index (χ2n) is 3.07. The molecule has 0 saturated heterocycles. The highest BCUT2D eigenvalue weighted by molar-refractivity contribution is 5.89. The summed E-state index contributed by atoms with van der Waals surface area (Å²) in [6, 6.07) is 0. The van der Waals surface area contributed by atoms with E-state index in [1.54, 1.807) is 13.8 Å². The van der Waals surface area contributed by atoms with E-state index in [1.165, 1.54) is 0 Å². The van der Waals surface area contributed by atoms with Gasteiger partial charge in [0.2, 0.25) is 0 Å². The second kappa shape index (κ2) is 8.32. The highest BCUT2D eigenvalue weighted by Crippen LogP contribution is 2.02. The quantitative estimate of drug-likeness (QED) is 0.375. The average Bonchev–Trinajstić information content (AvgIpc) is 2.29. The molecule has 1 amide bonds. The molecule has 0 aromatic rings. The fraction of sp³-hybridized carbons (Fsp3) is 0.545. The molecule has 0 aliphatic carbocycles. The first-order chi connectivity index (χ1) is 8.06. The van der Waals surface area contributed by atoms with Crippen molar-refractivity contribution in [3.8, 4) is 0 Å². The highest BCUT2D eigenvalue weighted by Gasteiger charge is 2.18. The number of carbonyl (C=O) groups excluding carboxylic acids is 3. The Bertz CT molecular complexity index is 300. The molecule has 0 aromatic heterocycles. The van der Waals surface area contributed by atoms with Crippen LogP contribution >= 0.6 is 0 Å². The summed E-state index contributed by atoms with van der Waals surface area (Å²) in [5.74, 6) is -0.590. The van der Waals surface area contributed by atoms with Crippen LogP contribution in [0.15, 0.2) is 12.2 Å². The zero-order valence-corrected chi connectivity index (χ0v) is 10.1. The zero-order chi connectivity index (χ0) is 13.3. The summed E-state index contributed by atoms with van der Waals surface area (Å²) >= 11 is 0. The van der Waals surface area contributed by atoms with Crippen LogP contribution in [0.5, 0.6) is 0 Å². The van der Waals surface area contributed by atoms with Crippen LogP contribution in [-0.2, 0) is 19.1 Å². The number of esters is 1. The molecule has 0 heterocycles. The number of carbonyl (C=O) groups is 3. The molecular weight excluding hydrogens is 226 g/mol. The zero-order valence-electron chi connectivity index (χ0n) is 10.1. The maximum Gasteiger partial charge on any atom is 0.410 e. The van der Waals surface area contributed by atoms with Crippen molar-refractivity contribution in [2.75, 3.05) is 26.3 Å². The lowest BCUT2D eigenvalue weighted by Gasteiger charge is -2.19. The van der Waals surface area contributed by atoms with Crippen molar-refractivity contribution in [3.63, 3.8) is 0 Å². The van der Waals surface area contributed by atoms with E-state index < -0.39 is 12.1 Å². The Labute approximate surface area is 100 Å². The Morgan fingerprint density at radius 2 is 1.82 bits per heavy atom. The Balaban J connectivity index is 4.43. The molecule has 0 aromatic carbocycles. The van der Waals surface area contributed by atoms with Crippen LogP contribution in [0.4, 0.5) is 4.79 Å². The Morgan fingerprint density at radius 3 is 2.29 bits per heavy atom. The number of amides is 1. The van der Waals surface area contributed by atoms with E-state index in [2.05, 4.69) is 6.58 Å². The lowest BCUT2D eigenvalue weighted by atomic mass is 10.3. The largest absolute Gasteiger partial charge is 0.463 e. The van der Waals surface area contributed by atoms with E-state index >= 15 is 0 Å². The maximum atomic E-state index is 11.4. The molecule has 0 fully saturated rings. The van der Waals surface area contributed by atoms with Crippen LogP contribution in [0.1, 0.15) is 13.8 Å². The third-order valence-corrected chi connectivity index (χ3v) is 1.77. The van der Waals surface area contributed by atoms with Crippen molar-refractivity contribution in [1.29, 1.82) is 0 Å². The Hall–Kier alpha value is -1.85. The number of hydrogen-bond acceptors (Lipinski definition) is 5. The Morgan fingerprint density at radius 1 is 1.24 bits per heavy atom. The molecule has 0 radical (unpaired) electrons. The molecule has 96 valence electrons. The van der Waals surface area contributed by atoms with E-state index in [0.29, 0.717) is 6.29 Å². The molecule has 0 atom stereocenters. The average molecular weight is 243 g/mol. The summed E-state index contributed by atoms with van der Waals surface area (Å²) in [7, 11) is 0. The van der Waals surface area contributed by atoms with E-state index in [0.717, 1.165) is 4.90 Å². The van der Waals surface area contributed by atoms with Crippen LogP contribution in [0.3, 0.4) is 0 Å². The molecule has 0 N–H and O–H groups in total. The molecule has 6 nitrogen and oxygen atoms in total. The summed E-state index contributed by atoms with van der Waals surface area (Å²) in [5, 5.41) is 0. The van der Waals surface area contributed by atoms with Crippen molar-refractivity contribution in [2.45, 2.75) is 13.8 Å². The van der Waals surface area contributed by atoms with E-state index in [1.807, 2.05) is 0 Å². The van der Waals surface area contributed by atoms with Crippen molar-refractivity contribution in [1.82, 2.24) is 4.90 Å². The van der Waals surface area contributed by atoms with Crippen molar-refractivity contribution in [2.24, 2.45) is 0 Å². The number of nitrogens with zero attached hydrogens (tertiary/aromatic N) is 1. The third-order valence-electron chi connectivity index (χ3n) is 1.77. The van der Waals surface area contributed by atoms with Crippen LogP contribution in [0.25, 0.3) is 0 Å². The molecule has 0 saturated carbocycles. The lowest BCUT2D eigenvalue weighted by molar-refractivity contribution is -0.138. The SMILES string of the molecule is C=C(CN(CC=O)C(=O)OCC)C(=O)OCC. The molecule has 0 unspecified atom stereocenters. The maximum absolute atomic E-state index is 11.4. The molecule has 0 aliphatic rings. The minimum Gasteiger partial charge on any atom is -0.463 e. The van der Waals surface area contributed by atoms with Crippen molar-refractivity contribution in [3.05, 3.63) is 12.2 Å². The van der Waals surface area contributed by atoms with Gasteiger partial charge in [0.05, 0.1) is 26.3 Å². The summed E-state index contributed by atoms with van der Waals surface area (Å²) < 4.78 is 9.45. The predicted molar refractivity (Wildman–Crippen MR) is 60.4 cm³/mol. The molecule has 6 heteroatoms. The number of rotatable bonds is 7. The van der Waals surface area contributed by atoms with Gasteiger partial charge in [-0.3, -0.25) is 4.90 Å². The molecule has 0 rings (SSSR count). The summed E-state index contributed by atoms with van der Waals surface area (Å²) in [4.78, 5) is 34.2. The fourth-order valence-electron chi connectivity index (χ4n) is 1.04.